The number of hydrogen-bond donors (Lipinski definition) is 3. The number of amides is 1. The molecule has 7 nitrogen and oxygen atoms in total. The SMILES string of the molecule is C[C@H](Nc1ncnc2nc[nH]c12)C(=O)Nc1ccccc1. The molecule has 3 aromatic rings. The van der Waals surface area contributed by atoms with Gasteiger partial charge in [0.15, 0.2) is 11.5 Å². The van der Waals surface area contributed by atoms with Crippen LogP contribution in [0.3, 0.4) is 0 Å². The van der Waals surface area contributed by atoms with Gasteiger partial charge in [-0.25, -0.2) is 15.0 Å². The fraction of sp³-hybridized carbons (Fsp3) is 0.143. The van der Waals surface area contributed by atoms with Gasteiger partial charge in [-0.1, -0.05) is 18.2 Å². The van der Waals surface area contributed by atoms with Crippen molar-refractivity contribution in [2.75, 3.05) is 10.6 Å². The summed E-state index contributed by atoms with van der Waals surface area (Å²) in [6, 6.07) is 8.85. The van der Waals surface area contributed by atoms with Crippen molar-refractivity contribution in [3.63, 3.8) is 0 Å². The van der Waals surface area contributed by atoms with E-state index < -0.39 is 6.04 Å². The van der Waals surface area contributed by atoms with Crippen LogP contribution in [0.4, 0.5) is 11.5 Å². The third-order valence-corrected chi connectivity index (χ3v) is 3.01. The first kappa shape index (κ1) is 13.0. The number of hydrogen-bond acceptors (Lipinski definition) is 5. The lowest BCUT2D eigenvalue weighted by atomic mass is 10.2. The van der Waals surface area contributed by atoms with Gasteiger partial charge in [0.25, 0.3) is 0 Å². The third kappa shape index (κ3) is 2.81. The number of carbonyl (C=O) groups is 1. The fourth-order valence-electron chi connectivity index (χ4n) is 1.92. The molecule has 21 heavy (non-hydrogen) atoms. The quantitative estimate of drug-likeness (QED) is 0.678. The number of imidazole rings is 1. The topological polar surface area (TPSA) is 95.6 Å². The molecule has 0 fully saturated rings. The fourth-order valence-corrected chi connectivity index (χ4v) is 1.92. The maximum atomic E-state index is 12.1. The number of benzene rings is 1. The van der Waals surface area contributed by atoms with Gasteiger partial charge >= 0.3 is 0 Å². The zero-order valence-electron chi connectivity index (χ0n) is 11.4. The predicted molar refractivity (Wildman–Crippen MR) is 79.8 cm³/mol. The van der Waals surface area contributed by atoms with Gasteiger partial charge in [-0.15, -0.1) is 0 Å². The summed E-state index contributed by atoms with van der Waals surface area (Å²) < 4.78 is 0. The van der Waals surface area contributed by atoms with Crippen LogP contribution >= 0.6 is 0 Å². The van der Waals surface area contributed by atoms with Crippen LogP contribution in [0.1, 0.15) is 6.92 Å². The molecule has 3 N–H and O–H groups in total. The summed E-state index contributed by atoms with van der Waals surface area (Å²) >= 11 is 0. The van der Waals surface area contributed by atoms with Crippen molar-refractivity contribution < 1.29 is 4.79 Å². The number of aromatic nitrogens is 4. The third-order valence-electron chi connectivity index (χ3n) is 3.01. The summed E-state index contributed by atoms with van der Waals surface area (Å²) in [6.45, 7) is 1.77. The second-order valence-electron chi connectivity index (χ2n) is 4.54. The Balaban J connectivity index is 1.72. The van der Waals surface area contributed by atoms with E-state index in [1.807, 2.05) is 30.3 Å². The van der Waals surface area contributed by atoms with E-state index in [4.69, 9.17) is 0 Å². The number of carbonyl (C=O) groups excluding carboxylic acids is 1. The van der Waals surface area contributed by atoms with E-state index in [0.717, 1.165) is 5.69 Å². The lowest BCUT2D eigenvalue weighted by molar-refractivity contribution is -0.116. The molecular formula is C14H14N6O. The van der Waals surface area contributed by atoms with E-state index in [-0.39, 0.29) is 5.91 Å². The molecule has 2 aromatic heterocycles. The molecule has 3 rings (SSSR count). The van der Waals surface area contributed by atoms with Crippen LogP contribution in [0.25, 0.3) is 11.2 Å². The minimum atomic E-state index is -0.452. The van der Waals surface area contributed by atoms with Crippen molar-refractivity contribution in [3.8, 4) is 0 Å². The number of H-pyrrole nitrogens is 1. The van der Waals surface area contributed by atoms with Gasteiger partial charge in [0.2, 0.25) is 5.91 Å². The summed E-state index contributed by atoms with van der Waals surface area (Å²) in [5, 5.41) is 5.89. The Bertz CT molecular complexity index is 754. The van der Waals surface area contributed by atoms with Gasteiger partial charge in [0.05, 0.1) is 6.33 Å². The van der Waals surface area contributed by atoms with E-state index in [1.165, 1.54) is 6.33 Å². The summed E-state index contributed by atoms with van der Waals surface area (Å²) in [5.41, 5.74) is 1.99. The predicted octanol–water partition coefficient (Wildman–Crippen LogP) is 1.79. The summed E-state index contributed by atoms with van der Waals surface area (Å²) in [4.78, 5) is 27.3. The second-order valence-corrected chi connectivity index (χ2v) is 4.54. The average molecular weight is 282 g/mol. The smallest absolute Gasteiger partial charge is 0.246 e. The molecule has 0 aliphatic carbocycles. The molecule has 0 bridgehead atoms. The number of para-hydroxylation sites is 1. The molecular weight excluding hydrogens is 268 g/mol. The van der Waals surface area contributed by atoms with Gasteiger partial charge in [-0.3, -0.25) is 4.79 Å². The molecule has 0 aliphatic rings. The Hall–Kier alpha value is -2.96. The van der Waals surface area contributed by atoms with Crippen molar-refractivity contribution in [3.05, 3.63) is 43.0 Å². The van der Waals surface area contributed by atoms with Crippen molar-refractivity contribution in [1.82, 2.24) is 19.9 Å². The van der Waals surface area contributed by atoms with Gasteiger partial charge < -0.3 is 15.6 Å². The van der Waals surface area contributed by atoms with Gasteiger partial charge in [-0.05, 0) is 19.1 Å². The molecule has 106 valence electrons. The number of nitrogens with zero attached hydrogens (tertiary/aromatic N) is 3. The Kier molecular flexibility index (Phi) is 3.46. The van der Waals surface area contributed by atoms with Crippen LogP contribution in [-0.2, 0) is 4.79 Å². The molecule has 0 radical (unpaired) electrons. The number of fused-ring (bicyclic) bond motifs is 1. The number of anilines is 2. The Labute approximate surface area is 120 Å². The maximum Gasteiger partial charge on any atom is 0.246 e. The molecule has 0 saturated heterocycles. The molecule has 1 amide bonds. The molecule has 1 aromatic carbocycles. The number of rotatable bonds is 4. The Morgan fingerprint density at radius 1 is 1.19 bits per heavy atom. The van der Waals surface area contributed by atoms with E-state index in [1.54, 1.807) is 13.3 Å². The van der Waals surface area contributed by atoms with E-state index in [0.29, 0.717) is 17.0 Å². The molecule has 0 saturated carbocycles. The highest BCUT2D eigenvalue weighted by Crippen LogP contribution is 2.15. The highest BCUT2D eigenvalue weighted by molar-refractivity contribution is 5.97. The van der Waals surface area contributed by atoms with Gasteiger partial charge in [0.1, 0.15) is 17.9 Å². The maximum absolute atomic E-state index is 12.1. The van der Waals surface area contributed by atoms with Crippen LogP contribution in [0.15, 0.2) is 43.0 Å². The minimum absolute atomic E-state index is 0.146. The van der Waals surface area contributed by atoms with Crippen LogP contribution in [0, 0.1) is 0 Å². The van der Waals surface area contributed by atoms with Gasteiger partial charge in [0, 0.05) is 5.69 Å². The zero-order valence-corrected chi connectivity index (χ0v) is 11.4. The first-order valence-electron chi connectivity index (χ1n) is 6.50. The van der Waals surface area contributed by atoms with Crippen LogP contribution in [-0.4, -0.2) is 31.9 Å². The summed E-state index contributed by atoms with van der Waals surface area (Å²) in [7, 11) is 0. The van der Waals surface area contributed by atoms with Crippen molar-refractivity contribution in [1.29, 1.82) is 0 Å². The Morgan fingerprint density at radius 2 is 2.00 bits per heavy atom. The van der Waals surface area contributed by atoms with E-state index in [9.17, 15) is 4.79 Å². The van der Waals surface area contributed by atoms with Crippen molar-refractivity contribution in [2.45, 2.75) is 13.0 Å². The lowest BCUT2D eigenvalue weighted by Crippen LogP contribution is -2.32. The normalized spacial score (nSPS) is 12.0. The largest absolute Gasteiger partial charge is 0.357 e. The van der Waals surface area contributed by atoms with Crippen LogP contribution in [0.2, 0.25) is 0 Å². The number of aromatic amines is 1. The minimum Gasteiger partial charge on any atom is -0.357 e. The van der Waals surface area contributed by atoms with E-state index >= 15 is 0 Å². The highest BCUT2D eigenvalue weighted by Gasteiger charge is 2.15. The zero-order chi connectivity index (χ0) is 14.7. The summed E-state index contributed by atoms with van der Waals surface area (Å²) in [6.07, 6.45) is 2.95. The van der Waals surface area contributed by atoms with Crippen molar-refractivity contribution >= 4 is 28.6 Å². The first-order chi connectivity index (χ1) is 10.2. The Morgan fingerprint density at radius 3 is 2.81 bits per heavy atom. The van der Waals surface area contributed by atoms with Crippen LogP contribution < -0.4 is 10.6 Å². The van der Waals surface area contributed by atoms with E-state index in [2.05, 4.69) is 30.6 Å². The van der Waals surface area contributed by atoms with Gasteiger partial charge in [-0.2, -0.15) is 0 Å². The monoisotopic (exact) mass is 282 g/mol. The standard InChI is InChI=1S/C14H14N6O/c1-9(14(21)20-10-5-3-2-4-6-10)19-13-11-12(16-7-15-11)17-8-18-13/h2-9H,1H3,(H,20,21)(H2,15,16,17,18,19)/t9-/m0/s1. The average Bonchev–Trinajstić information content (AvgIpc) is 2.98. The molecule has 7 heteroatoms. The number of nitrogens with one attached hydrogen (secondary N) is 3. The molecule has 0 unspecified atom stereocenters. The lowest BCUT2D eigenvalue weighted by Gasteiger charge is -2.14. The molecule has 1 atom stereocenters. The molecule has 0 spiro atoms. The highest BCUT2D eigenvalue weighted by atomic mass is 16.2. The molecule has 2 heterocycles. The summed E-state index contributed by atoms with van der Waals surface area (Å²) in [5.74, 6) is 0.403. The van der Waals surface area contributed by atoms with Crippen molar-refractivity contribution in [2.24, 2.45) is 0 Å². The first-order valence-corrected chi connectivity index (χ1v) is 6.50. The molecule has 0 aliphatic heterocycles. The van der Waals surface area contributed by atoms with Crippen LogP contribution in [0.5, 0.6) is 0 Å². The second kappa shape index (κ2) is 5.58.